The number of nitrogens with zero attached hydrogens (tertiary/aromatic N) is 1. The summed E-state index contributed by atoms with van der Waals surface area (Å²) in [6.45, 7) is 1.28. The summed E-state index contributed by atoms with van der Waals surface area (Å²) in [6.07, 6.45) is 5.08. The van der Waals surface area contributed by atoms with Gasteiger partial charge >= 0.3 is 0 Å². The predicted molar refractivity (Wildman–Crippen MR) is 85.6 cm³/mol. The molecule has 4 nitrogen and oxygen atoms in total. The molecule has 122 valence electrons. The van der Waals surface area contributed by atoms with Crippen molar-refractivity contribution in [3.8, 4) is 5.75 Å². The van der Waals surface area contributed by atoms with E-state index in [1.807, 2.05) is 23.2 Å². The molecule has 2 aromatic rings. The number of H-pyrrole nitrogens is 1. The molecule has 1 saturated heterocycles. The molecule has 2 heterocycles. The summed E-state index contributed by atoms with van der Waals surface area (Å²) in [6, 6.07) is 10.1. The van der Waals surface area contributed by atoms with E-state index >= 15 is 0 Å². The zero-order valence-corrected chi connectivity index (χ0v) is 13.0. The van der Waals surface area contributed by atoms with Gasteiger partial charge in [-0.2, -0.15) is 0 Å². The maximum Gasteiger partial charge on any atom is 0.223 e. The number of aromatic nitrogens is 1. The van der Waals surface area contributed by atoms with Crippen LogP contribution in [0, 0.1) is 5.82 Å². The van der Waals surface area contributed by atoms with Gasteiger partial charge in [0.1, 0.15) is 11.6 Å². The van der Waals surface area contributed by atoms with Gasteiger partial charge in [0.2, 0.25) is 5.91 Å². The molecule has 1 aliphatic heterocycles. The molecule has 0 unspecified atom stereocenters. The summed E-state index contributed by atoms with van der Waals surface area (Å²) in [5.41, 5.74) is 1.11. The van der Waals surface area contributed by atoms with Gasteiger partial charge in [-0.15, -0.1) is 0 Å². The van der Waals surface area contributed by atoms with Crippen LogP contribution in [-0.4, -0.2) is 28.9 Å². The lowest BCUT2D eigenvalue weighted by atomic mass is 10.1. The lowest BCUT2D eigenvalue weighted by Gasteiger charge is -2.24. The third-order valence-electron chi connectivity index (χ3n) is 4.17. The second-order valence-electron chi connectivity index (χ2n) is 5.78. The zero-order chi connectivity index (χ0) is 16.1. The number of ether oxygens (including phenoxy) is 1. The SMILES string of the molecule is O=C(CCCOc1ccc(F)cc1)N1CCC[C@@H]1c1ccc[nH]1. The van der Waals surface area contributed by atoms with Crippen molar-refractivity contribution >= 4 is 5.91 Å². The number of amides is 1. The van der Waals surface area contributed by atoms with E-state index in [-0.39, 0.29) is 17.8 Å². The highest BCUT2D eigenvalue weighted by atomic mass is 19.1. The average Bonchev–Trinajstić information content (AvgIpc) is 3.23. The number of rotatable bonds is 6. The molecule has 0 saturated carbocycles. The Labute approximate surface area is 135 Å². The van der Waals surface area contributed by atoms with Crippen LogP contribution < -0.4 is 4.74 Å². The summed E-state index contributed by atoms with van der Waals surface area (Å²) in [5, 5.41) is 0. The van der Waals surface area contributed by atoms with Gasteiger partial charge in [0.15, 0.2) is 0 Å². The Morgan fingerprint density at radius 1 is 1.30 bits per heavy atom. The summed E-state index contributed by atoms with van der Waals surface area (Å²) in [7, 11) is 0. The van der Waals surface area contributed by atoms with Gasteiger partial charge in [-0.25, -0.2) is 4.39 Å². The summed E-state index contributed by atoms with van der Waals surface area (Å²) in [4.78, 5) is 17.6. The molecule has 1 fully saturated rings. The first-order valence-electron chi connectivity index (χ1n) is 8.05. The van der Waals surface area contributed by atoms with Crippen LogP contribution in [0.2, 0.25) is 0 Å². The molecule has 5 heteroatoms. The maximum atomic E-state index is 12.8. The topological polar surface area (TPSA) is 45.3 Å². The van der Waals surface area contributed by atoms with Crippen LogP contribution in [0.4, 0.5) is 4.39 Å². The molecule has 0 bridgehead atoms. The predicted octanol–water partition coefficient (Wildman–Crippen LogP) is 3.68. The van der Waals surface area contributed by atoms with Gasteiger partial charge in [0.25, 0.3) is 0 Å². The van der Waals surface area contributed by atoms with Gasteiger partial charge in [-0.05, 0) is 55.7 Å². The van der Waals surface area contributed by atoms with E-state index in [1.165, 1.54) is 12.1 Å². The lowest BCUT2D eigenvalue weighted by Crippen LogP contribution is -2.30. The van der Waals surface area contributed by atoms with Crippen LogP contribution in [0.5, 0.6) is 5.75 Å². The monoisotopic (exact) mass is 316 g/mol. The molecular formula is C18H21FN2O2. The van der Waals surface area contributed by atoms with E-state index in [2.05, 4.69) is 4.98 Å². The fourth-order valence-electron chi connectivity index (χ4n) is 3.03. The van der Waals surface area contributed by atoms with E-state index in [0.29, 0.717) is 25.2 Å². The second-order valence-corrected chi connectivity index (χ2v) is 5.78. The number of benzene rings is 1. The van der Waals surface area contributed by atoms with Crippen LogP contribution in [0.1, 0.15) is 37.4 Å². The van der Waals surface area contributed by atoms with Crippen molar-refractivity contribution in [2.24, 2.45) is 0 Å². The highest BCUT2D eigenvalue weighted by Gasteiger charge is 2.29. The molecule has 23 heavy (non-hydrogen) atoms. The molecular weight excluding hydrogens is 295 g/mol. The minimum Gasteiger partial charge on any atom is -0.494 e. The normalized spacial score (nSPS) is 17.4. The Kier molecular flexibility index (Phi) is 4.95. The molecule has 1 aliphatic rings. The Bertz CT molecular complexity index is 625. The summed E-state index contributed by atoms with van der Waals surface area (Å²) >= 11 is 0. The lowest BCUT2D eigenvalue weighted by molar-refractivity contribution is -0.132. The Hall–Kier alpha value is -2.30. The Morgan fingerprint density at radius 3 is 2.87 bits per heavy atom. The van der Waals surface area contributed by atoms with Crippen molar-refractivity contribution in [1.29, 1.82) is 0 Å². The number of hydrogen-bond acceptors (Lipinski definition) is 2. The van der Waals surface area contributed by atoms with Crippen molar-refractivity contribution in [2.75, 3.05) is 13.2 Å². The minimum absolute atomic E-state index is 0.171. The molecule has 0 spiro atoms. The highest BCUT2D eigenvalue weighted by Crippen LogP contribution is 2.31. The number of aromatic amines is 1. The molecule has 1 aromatic heterocycles. The highest BCUT2D eigenvalue weighted by molar-refractivity contribution is 5.77. The Morgan fingerprint density at radius 2 is 2.13 bits per heavy atom. The van der Waals surface area contributed by atoms with Crippen LogP contribution in [0.3, 0.4) is 0 Å². The van der Waals surface area contributed by atoms with Crippen molar-refractivity contribution in [3.63, 3.8) is 0 Å². The number of likely N-dealkylation sites (tertiary alicyclic amines) is 1. The van der Waals surface area contributed by atoms with Crippen LogP contribution in [0.25, 0.3) is 0 Å². The fourth-order valence-corrected chi connectivity index (χ4v) is 3.03. The number of nitrogens with one attached hydrogen (secondary N) is 1. The quantitative estimate of drug-likeness (QED) is 0.826. The fraction of sp³-hybridized carbons (Fsp3) is 0.389. The van der Waals surface area contributed by atoms with Gasteiger partial charge in [-0.1, -0.05) is 0 Å². The number of carbonyl (C=O) groups excluding carboxylic acids is 1. The van der Waals surface area contributed by atoms with E-state index < -0.39 is 0 Å². The van der Waals surface area contributed by atoms with Crippen molar-refractivity contribution < 1.29 is 13.9 Å². The van der Waals surface area contributed by atoms with Crippen LogP contribution in [0.15, 0.2) is 42.6 Å². The molecule has 1 amide bonds. The zero-order valence-electron chi connectivity index (χ0n) is 13.0. The molecule has 1 aromatic carbocycles. The number of halogens is 1. The van der Waals surface area contributed by atoms with Gasteiger partial charge in [0.05, 0.1) is 12.6 Å². The largest absolute Gasteiger partial charge is 0.494 e. The molecule has 3 rings (SSSR count). The summed E-state index contributed by atoms with van der Waals surface area (Å²) < 4.78 is 18.3. The van der Waals surface area contributed by atoms with Crippen LogP contribution >= 0.6 is 0 Å². The van der Waals surface area contributed by atoms with Crippen LogP contribution in [-0.2, 0) is 4.79 Å². The molecule has 1 atom stereocenters. The van der Waals surface area contributed by atoms with Gasteiger partial charge in [-0.3, -0.25) is 4.79 Å². The second kappa shape index (κ2) is 7.31. The first-order valence-corrected chi connectivity index (χ1v) is 8.05. The minimum atomic E-state index is -0.281. The molecule has 0 radical (unpaired) electrons. The third kappa shape index (κ3) is 3.92. The number of hydrogen-bond donors (Lipinski definition) is 1. The average molecular weight is 316 g/mol. The van der Waals surface area contributed by atoms with E-state index in [1.54, 1.807) is 12.1 Å². The summed E-state index contributed by atoms with van der Waals surface area (Å²) in [5.74, 6) is 0.519. The van der Waals surface area contributed by atoms with E-state index in [0.717, 1.165) is 25.1 Å². The first-order chi connectivity index (χ1) is 11.2. The Balaban J connectivity index is 1.45. The van der Waals surface area contributed by atoms with Crippen molar-refractivity contribution in [2.45, 2.75) is 31.7 Å². The van der Waals surface area contributed by atoms with Gasteiger partial charge < -0.3 is 14.6 Å². The smallest absolute Gasteiger partial charge is 0.223 e. The first kappa shape index (κ1) is 15.6. The van der Waals surface area contributed by atoms with Crippen molar-refractivity contribution in [1.82, 2.24) is 9.88 Å². The number of carbonyl (C=O) groups is 1. The van der Waals surface area contributed by atoms with Gasteiger partial charge in [0, 0.05) is 24.9 Å². The molecule has 1 N–H and O–H groups in total. The maximum absolute atomic E-state index is 12.8. The molecule has 0 aliphatic carbocycles. The third-order valence-corrected chi connectivity index (χ3v) is 4.17. The standard InChI is InChI=1S/C18H21FN2O2/c19-14-7-9-15(10-8-14)23-13-3-6-18(22)21-12-2-5-17(21)16-4-1-11-20-16/h1,4,7-11,17,20H,2-3,5-6,12-13H2/t17-/m1/s1. The van der Waals surface area contributed by atoms with Crippen molar-refractivity contribution in [3.05, 3.63) is 54.1 Å². The van der Waals surface area contributed by atoms with E-state index in [4.69, 9.17) is 4.74 Å². The van der Waals surface area contributed by atoms with E-state index in [9.17, 15) is 9.18 Å².